The van der Waals surface area contributed by atoms with Crippen molar-refractivity contribution in [3.05, 3.63) is 65.7 Å². The summed E-state index contributed by atoms with van der Waals surface area (Å²) in [5.41, 5.74) is 45.6. The number of nitrogens with two attached hydrogens (primary N) is 8. The molecule has 516 valence electrons. The molecule has 4 aliphatic carbocycles. The van der Waals surface area contributed by atoms with E-state index in [1.54, 1.807) is 56.3 Å². The normalized spacial score (nSPS) is 20.7. The molecule has 4 saturated carbocycles. The third kappa shape index (κ3) is 23.1. The molecule has 4 bridgehead atoms. The average Bonchev–Trinajstić information content (AvgIpc) is 0.862. The average molecular weight is 1310 g/mol. The van der Waals surface area contributed by atoms with Gasteiger partial charge in [-0.15, -0.1) is 0 Å². The van der Waals surface area contributed by atoms with E-state index in [1.165, 1.54) is 24.2 Å². The lowest BCUT2D eigenvalue weighted by atomic mass is 9.49. The van der Waals surface area contributed by atoms with Crippen molar-refractivity contribution in [2.24, 2.45) is 89.9 Å². The number of aliphatic imine (C=N–C) groups is 3. The van der Waals surface area contributed by atoms with E-state index in [4.69, 9.17) is 50.6 Å². The molecule has 8 atom stereocenters. The van der Waals surface area contributed by atoms with Gasteiger partial charge in [0, 0.05) is 45.4 Å². The van der Waals surface area contributed by atoms with E-state index >= 15 is 0 Å². The van der Waals surface area contributed by atoms with E-state index in [-0.39, 0.29) is 120 Å². The Balaban J connectivity index is 1.19. The largest absolute Gasteiger partial charge is 0.494 e. The number of hydrogen-bond donors (Lipinski definition) is 15. The first-order valence-electron chi connectivity index (χ1n) is 32.6. The molecule has 30 nitrogen and oxygen atoms in total. The van der Waals surface area contributed by atoms with Crippen LogP contribution in [0.25, 0.3) is 0 Å². The molecule has 0 spiro atoms. The van der Waals surface area contributed by atoms with Crippen LogP contribution < -0.4 is 87.8 Å². The van der Waals surface area contributed by atoms with E-state index in [0.29, 0.717) is 42.1 Å². The van der Waals surface area contributed by atoms with Crippen LogP contribution in [0.4, 0.5) is 0 Å². The van der Waals surface area contributed by atoms with Crippen LogP contribution in [-0.2, 0) is 60.8 Å². The number of amides is 10. The van der Waals surface area contributed by atoms with Gasteiger partial charge >= 0.3 is 0 Å². The third-order valence-electron chi connectivity index (χ3n) is 17.8. The van der Waals surface area contributed by atoms with Gasteiger partial charge in [-0.3, -0.25) is 62.9 Å². The van der Waals surface area contributed by atoms with Gasteiger partial charge in [-0.05, 0) is 149 Å². The van der Waals surface area contributed by atoms with Crippen LogP contribution in [0.15, 0.2) is 69.6 Å². The van der Waals surface area contributed by atoms with Crippen molar-refractivity contribution in [2.75, 3.05) is 32.8 Å². The first-order chi connectivity index (χ1) is 44.7. The van der Waals surface area contributed by atoms with Crippen LogP contribution in [0.1, 0.15) is 135 Å². The van der Waals surface area contributed by atoms with E-state index < -0.39 is 114 Å². The van der Waals surface area contributed by atoms with Crippen molar-refractivity contribution in [3.63, 3.8) is 0 Å². The van der Waals surface area contributed by atoms with Gasteiger partial charge in [0.25, 0.3) is 0 Å². The zero-order chi connectivity index (χ0) is 68.6. The molecule has 2 aromatic rings. The molecule has 10 amide bonds. The van der Waals surface area contributed by atoms with Gasteiger partial charge in [0.05, 0.1) is 13.0 Å². The first-order valence-corrected chi connectivity index (χ1v) is 32.6. The Hall–Kier alpha value is -9.25. The number of rotatable bonds is 38. The molecule has 1 aliphatic heterocycles. The highest BCUT2D eigenvalue weighted by Crippen LogP contribution is 2.61. The van der Waals surface area contributed by atoms with E-state index in [0.717, 1.165) is 24.8 Å². The first kappa shape index (κ1) is 73.8. The predicted octanol–water partition coefficient (Wildman–Crippen LogP) is -1.96. The van der Waals surface area contributed by atoms with Gasteiger partial charge in [-0.25, -0.2) is 0 Å². The minimum atomic E-state index is -1.73. The molecular weight excluding hydrogens is 1210 g/mol. The fraction of sp³-hybridized carbons (Fsp3) is 0.609. The van der Waals surface area contributed by atoms with E-state index in [1.807, 2.05) is 19.1 Å². The summed E-state index contributed by atoms with van der Waals surface area (Å²) in [5, 5.41) is 19.2. The summed E-state index contributed by atoms with van der Waals surface area (Å²) >= 11 is 0. The van der Waals surface area contributed by atoms with Gasteiger partial charge < -0.3 is 92.7 Å². The highest BCUT2D eigenvalue weighted by Gasteiger charge is 2.52. The molecule has 94 heavy (non-hydrogen) atoms. The number of hydrogen-bond acceptors (Lipinski definition) is 14. The fourth-order valence-electron chi connectivity index (χ4n) is 13.9. The van der Waals surface area contributed by atoms with Gasteiger partial charge in [0.1, 0.15) is 54.1 Å². The minimum absolute atomic E-state index is 0.00573. The Bertz CT molecular complexity index is 3010. The zero-order valence-electron chi connectivity index (χ0n) is 54.3. The number of likely N-dealkylation sites (tertiary alicyclic amines) is 1. The Labute approximate surface area is 548 Å². The molecule has 23 N–H and O–H groups in total. The summed E-state index contributed by atoms with van der Waals surface area (Å²) in [6, 6.07) is 5.46. The van der Waals surface area contributed by atoms with Crippen molar-refractivity contribution in [1.82, 2.24) is 42.1 Å². The topological polar surface area (TPSA) is 513 Å². The Morgan fingerprint density at radius 1 is 0.553 bits per heavy atom. The third-order valence-corrected chi connectivity index (χ3v) is 17.8. The predicted molar refractivity (Wildman–Crippen MR) is 353 cm³/mol. The van der Waals surface area contributed by atoms with Gasteiger partial charge in [-0.2, -0.15) is 0 Å². The van der Waals surface area contributed by atoms with Crippen LogP contribution >= 0.6 is 0 Å². The Morgan fingerprint density at radius 2 is 1.02 bits per heavy atom. The summed E-state index contributed by atoms with van der Waals surface area (Å²) in [5.74, 6) is -6.60. The molecule has 5 aliphatic rings. The molecule has 2 aromatic carbocycles. The number of nitrogens with one attached hydrogen (secondary N) is 7. The second-order valence-corrected chi connectivity index (χ2v) is 25.8. The van der Waals surface area contributed by atoms with Crippen LogP contribution in [-0.4, -0.2) is 163 Å². The lowest BCUT2D eigenvalue weighted by molar-refractivity contribution is -0.143. The summed E-state index contributed by atoms with van der Waals surface area (Å²) in [6.45, 7) is 5.84. The Morgan fingerprint density at radius 3 is 1.54 bits per heavy atom. The van der Waals surface area contributed by atoms with Crippen molar-refractivity contribution in [2.45, 2.75) is 185 Å². The molecular formula is C64H99N19O11. The lowest BCUT2D eigenvalue weighted by Crippen LogP contribution is -2.61. The summed E-state index contributed by atoms with van der Waals surface area (Å²) in [4.78, 5) is 154. The smallest absolute Gasteiger partial charge is 0.245 e. The maximum absolute atomic E-state index is 14.8. The molecule has 1 heterocycles. The van der Waals surface area contributed by atoms with Crippen LogP contribution in [0.5, 0.6) is 5.75 Å². The molecule has 5 fully saturated rings. The monoisotopic (exact) mass is 1310 g/mol. The number of ether oxygens (including phenoxy) is 1. The van der Waals surface area contributed by atoms with Crippen LogP contribution in [0, 0.1) is 29.1 Å². The highest BCUT2D eigenvalue weighted by molar-refractivity contribution is 5.99. The van der Waals surface area contributed by atoms with Gasteiger partial charge in [-0.1, -0.05) is 56.3 Å². The Kier molecular flexibility index (Phi) is 28.0. The number of carbonyl (C=O) groups is 10. The van der Waals surface area contributed by atoms with Crippen molar-refractivity contribution in [1.29, 1.82) is 0 Å². The number of guanidine groups is 3. The van der Waals surface area contributed by atoms with Crippen LogP contribution in [0.3, 0.4) is 0 Å². The molecule has 1 saturated heterocycles. The summed E-state index contributed by atoms with van der Waals surface area (Å²) in [7, 11) is 0. The van der Waals surface area contributed by atoms with Crippen molar-refractivity contribution in [3.8, 4) is 5.75 Å². The SMILES string of the molecule is CCOc1ccc(C[C@@H](NC(=O)CC23CC4CC(CC(C4)C2)C3)C(=O)N[C@@H](Cc2ccccc2)C(=O)N[C@H](C(=O)N[C@@H](CC(N)=O)C(=O)N[C@@H](CCCN=C(N)N)C(=O)N2CCC[C@@H]2C(=O)N[C@@H](CCCN=C(N)N)C(=O)N[C@@H](CCCN=C(N)N)C(N)=O)C(C)C)cc1. The molecule has 0 unspecified atom stereocenters. The van der Waals surface area contributed by atoms with E-state index in [2.05, 4.69) is 52.2 Å². The maximum atomic E-state index is 14.8. The lowest BCUT2D eigenvalue weighted by Gasteiger charge is -2.56. The number of primary amides is 2. The number of nitrogens with zero attached hydrogens (tertiary/aromatic N) is 4. The standard InChI is InChI=1S/C64H99N19O11/c1-4-94-42-20-18-38(19-21-42)30-46(76-51(85)35-64-32-39-26-40(33-64)28-41(27-39)34-64)55(88)80-47(29-37-12-6-5-7-13-37)57(90)82-52(36(2)3)59(92)81-48(31-50(65)84)56(89)79-45(16-10-24-75-63(71)72)60(93)83-25-11-17-49(83)58(91)78-44(15-9-23-74-62(69)70)54(87)77-43(53(66)86)14-8-22-73-61(67)68/h5-7,12-13,18-21,36,39-41,43-49,52H,4,8-11,14-17,22-35H2,1-3H3,(H2,65,84)(H2,66,86)(H,76,85)(H,77,87)(H,78,91)(H,79,89)(H,80,88)(H,81,92)(H,82,90)(H4,67,68,73)(H4,69,70,74)(H4,71,72,75)/t39?,40?,41?,43-,44-,45-,46+,47-,48-,49+,52-,64?/m0/s1. The van der Waals surface area contributed by atoms with Gasteiger partial charge in [0.15, 0.2) is 17.9 Å². The second-order valence-electron chi connectivity index (χ2n) is 25.8. The van der Waals surface area contributed by atoms with Gasteiger partial charge in [0.2, 0.25) is 59.1 Å². The highest BCUT2D eigenvalue weighted by atomic mass is 16.5. The maximum Gasteiger partial charge on any atom is 0.245 e. The summed E-state index contributed by atoms with van der Waals surface area (Å²) in [6.07, 6.45) is 7.03. The van der Waals surface area contributed by atoms with E-state index in [9.17, 15) is 47.9 Å². The van der Waals surface area contributed by atoms with Crippen molar-refractivity contribution >= 4 is 77.0 Å². The molecule has 0 aromatic heterocycles. The summed E-state index contributed by atoms with van der Waals surface area (Å²) < 4.78 is 5.66. The molecule has 0 radical (unpaired) electrons. The minimum Gasteiger partial charge on any atom is -0.494 e. The molecule has 7 rings (SSSR count). The number of benzene rings is 2. The fourth-order valence-corrected chi connectivity index (χ4v) is 13.9. The molecule has 30 heteroatoms. The second kappa shape index (κ2) is 35.7. The van der Waals surface area contributed by atoms with Crippen LogP contribution in [0.2, 0.25) is 0 Å². The number of carbonyl (C=O) groups excluding carboxylic acids is 10. The van der Waals surface area contributed by atoms with Crippen molar-refractivity contribution < 1.29 is 52.7 Å². The quantitative estimate of drug-likeness (QED) is 0.0197. The zero-order valence-corrected chi connectivity index (χ0v) is 54.3.